The number of rotatable bonds is 1. The SMILES string of the molecule is CCN1CNSc2ncccc21. The van der Waals surface area contributed by atoms with Crippen molar-refractivity contribution in [3.63, 3.8) is 0 Å². The van der Waals surface area contributed by atoms with E-state index in [4.69, 9.17) is 0 Å². The summed E-state index contributed by atoms with van der Waals surface area (Å²) in [5, 5.41) is 1.07. The van der Waals surface area contributed by atoms with Gasteiger partial charge in [0.2, 0.25) is 0 Å². The van der Waals surface area contributed by atoms with E-state index in [2.05, 4.69) is 27.6 Å². The third-order valence-corrected chi connectivity index (χ3v) is 2.68. The van der Waals surface area contributed by atoms with Crippen molar-refractivity contribution in [2.75, 3.05) is 18.1 Å². The summed E-state index contributed by atoms with van der Waals surface area (Å²) in [6.45, 7) is 4.07. The van der Waals surface area contributed by atoms with Gasteiger partial charge in [-0.1, -0.05) is 0 Å². The van der Waals surface area contributed by atoms with Gasteiger partial charge < -0.3 is 4.90 Å². The minimum atomic E-state index is 0.903. The van der Waals surface area contributed by atoms with E-state index in [0.29, 0.717) is 0 Å². The van der Waals surface area contributed by atoms with Gasteiger partial charge in [-0.05, 0) is 31.0 Å². The highest BCUT2D eigenvalue weighted by molar-refractivity contribution is 7.97. The lowest BCUT2D eigenvalue weighted by molar-refractivity contribution is 0.773. The summed E-state index contributed by atoms with van der Waals surface area (Å²) in [6.07, 6.45) is 1.83. The van der Waals surface area contributed by atoms with Gasteiger partial charge in [0, 0.05) is 12.7 Å². The molecule has 0 fully saturated rings. The van der Waals surface area contributed by atoms with Crippen molar-refractivity contribution in [1.82, 2.24) is 9.71 Å². The standard InChI is InChI=1S/C8H11N3S/c1-2-11-6-10-12-8-7(11)4-3-5-9-8/h3-5,10H,2,6H2,1H3. The number of nitrogens with zero attached hydrogens (tertiary/aromatic N) is 2. The first-order chi connectivity index (χ1) is 5.92. The maximum Gasteiger partial charge on any atom is 0.134 e. The predicted molar refractivity (Wildman–Crippen MR) is 51.1 cm³/mol. The van der Waals surface area contributed by atoms with Crippen LogP contribution in [0.1, 0.15) is 6.92 Å². The van der Waals surface area contributed by atoms with Gasteiger partial charge in [-0.25, -0.2) is 9.71 Å². The molecule has 2 rings (SSSR count). The molecule has 0 bridgehead atoms. The average Bonchev–Trinajstić information content (AvgIpc) is 2.17. The third kappa shape index (κ3) is 1.28. The Balaban J connectivity index is 2.37. The van der Waals surface area contributed by atoms with Crippen molar-refractivity contribution in [1.29, 1.82) is 0 Å². The van der Waals surface area contributed by atoms with E-state index in [9.17, 15) is 0 Å². The Hall–Kier alpha value is -0.740. The maximum atomic E-state index is 4.28. The van der Waals surface area contributed by atoms with Crippen molar-refractivity contribution < 1.29 is 0 Å². The molecule has 0 saturated heterocycles. The van der Waals surface area contributed by atoms with Crippen LogP contribution in [0, 0.1) is 0 Å². The first kappa shape index (κ1) is 7.89. The Bertz CT molecular complexity index is 277. The molecule has 1 N–H and O–H groups in total. The summed E-state index contributed by atoms with van der Waals surface area (Å²) < 4.78 is 3.22. The molecule has 1 aromatic heterocycles. The van der Waals surface area contributed by atoms with E-state index in [1.807, 2.05) is 12.3 Å². The van der Waals surface area contributed by atoms with Crippen LogP contribution in [-0.2, 0) is 0 Å². The van der Waals surface area contributed by atoms with E-state index in [1.54, 1.807) is 11.9 Å². The van der Waals surface area contributed by atoms with E-state index < -0.39 is 0 Å². The van der Waals surface area contributed by atoms with Crippen LogP contribution in [0.2, 0.25) is 0 Å². The Morgan fingerprint density at radius 3 is 3.50 bits per heavy atom. The lowest BCUT2D eigenvalue weighted by Gasteiger charge is -2.28. The van der Waals surface area contributed by atoms with Crippen LogP contribution in [0.4, 0.5) is 5.69 Å². The van der Waals surface area contributed by atoms with Gasteiger partial charge in [-0.2, -0.15) is 0 Å². The number of anilines is 1. The first-order valence-electron chi connectivity index (χ1n) is 4.01. The fraction of sp³-hybridized carbons (Fsp3) is 0.375. The fourth-order valence-corrected chi connectivity index (χ4v) is 2.02. The van der Waals surface area contributed by atoms with Crippen LogP contribution in [0.5, 0.6) is 0 Å². The van der Waals surface area contributed by atoms with E-state index in [0.717, 1.165) is 18.2 Å². The Morgan fingerprint density at radius 1 is 1.75 bits per heavy atom. The van der Waals surface area contributed by atoms with Crippen molar-refractivity contribution in [3.8, 4) is 0 Å². The Kier molecular flexibility index (Phi) is 2.19. The number of pyridine rings is 1. The molecule has 2 heterocycles. The molecule has 1 aliphatic rings. The monoisotopic (exact) mass is 181 g/mol. The lowest BCUT2D eigenvalue weighted by atomic mass is 10.4. The molecule has 0 unspecified atom stereocenters. The van der Waals surface area contributed by atoms with Gasteiger partial charge in [-0.3, -0.25) is 0 Å². The summed E-state index contributed by atoms with van der Waals surface area (Å²) >= 11 is 1.61. The molecule has 3 nitrogen and oxygen atoms in total. The van der Waals surface area contributed by atoms with Crippen LogP contribution in [0.15, 0.2) is 23.4 Å². The number of fused-ring (bicyclic) bond motifs is 1. The normalized spacial score (nSPS) is 15.9. The molecule has 0 radical (unpaired) electrons. The Labute approximate surface area is 76.3 Å². The zero-order valence-corrected chi connectivity index (χ0v) is 7.77. The van der Waals surface area contributed by atoms with Crippen LogP contribution >= 0.6 is 11.9 Å². The quantitative estimate of drug-likeness (QED) is 0.664. The van der Waals surface area contributed by atoms with Gasteiger partial charge in [0.1, 0.15) is 5.03 Å². The molecule has 0 saturated carbocycles. The lowest BCUT2D eigenvalue weighted by Crippen LogP contribution is -2.34. The number of nitrogens with one attached hydrogen (secondary N) is 1. The molecule has 12 heavy (non-hydrogen) atoms. The summed E-state index contributed by atoms with van der Waals surface area (Å²) in [7, 11) is 0. The molecule has 0 aromatic carbocycles. The molecule has 4 heteroatoms. The summed E-state index contributed by atoms with van der Waals surface area (Å²) in [5.41, 5.74) is 1.24. The van der Waals surface area contributed by atoms with E-state index >= 15 is 0 Å². The van der Waals surface area contributed by atoms with Crippen LogP contribution < -0.4 is 9.62 Å². The molecule has 64 valence electrons. The average molecular weight is 181 g/mol. The fourth-order valence-electron chi connectivity index (χ4n) is 1.25. The van der Waals surface area contributed by atoms with Gasteiger partial charge in [0.05, 0.1) is 12.4 Å². The van der Waals surface area contributed by atoms with Gasteiger partial charge in [0.25, 0.3) is 0 Å². The summed E-state index contributed by atoms with van der Waals surface area (Å²) in [6, 6.07) is 4.09. The summed E-state index contributed by atoms with van der Waals surface area (Å²) in [4.78, 5) is 6.54. The summed E-state index contributed by atoms with van der Waals surface area (Å²) in [5.74, 6) is 0. The second-order valence-corrected chi connectivity index (χ2v) is 3.47. The molecule has 0 spiro atoms. The molecule has 0 atom stereocenters. The molecule has 1 aromatic rings. The van der Waals surface area contributed by atoms with Gasteiger partial charge in [-0.15, -0.1) is 0 Å². The van der Waals surface area contributed by atoms with Crippen LogP contribution in [-0.4, -0.2) is 18.2 Å². The van der Waals surface area contributed by atoms with E-state index in [-0.39, 0.29) is 0 Å². The second-order valence-electron chi connectivity index (χ2n) is 2.59. The van der Waals surface area contributed by atoms with Crippen molar-refractivity contribution in [2.24, 2.45) is 0 Å². The third-order valence-electron chi connectivity index (χ3n) is 1.90. The Morgan fingerprint density at radius 2 is 2.67 bits per heavy atom. The highest BCUT2D eigenvalue weighted by Crippen LogP contribution is 2.28. The number of hydrogen-bond donors (Lipinski definition) is 1. The van der Waals surface area contributed by atoms with E-state index in [1.165, 1.54) is 5.69 Å². The number of hydrogen-bond acceptors (Lipinski definition) is 4. The highest BCUT2D eigenvalue weighted by Gasteiger charge is 2.15. The minimum Gasteiger partial charge on any atom is -0.356 e. The molecule has 0 aliphatic carbocycles. The van der Waals surface area contributed by atoms with Gasteiger partial charge >= 0.3 is 0 Å². The van der Waals surface area contributed by atoms with Crippen LogP contribution in [0.3, 0.4) is 0 Å². The highest BCUT2D eigenvalue weighted by atomic mass is 32.2. The topological polar surface area (TPSA) is 28.2 Å². The maximum absolute atomic E-state index is 4.28. The minimum absolute atomic E-state index is 0.903. The van der Waals surface area contributed by atoms with Crippen molar-refractivity contribution in [3.05, 3.63) is 18.3 Å². The zero-order valence-electron chi connectivity index (χ0n) is 6.95. The molecule has 0 amide bonds. The van der Waals surface area contributed by atoms with Crippen molar-refractivity contribution >= 4 is 17.6 Å². The zero-order chi connectivity index (χ0) is 8.39. The molecular weight excluding hydrogens is 170 g/mol. The predicted octanol–water partition coefficient (Wildman–Crippen LogP) is 1.48. The van der Waals surface area contributed by atoms with Crippen LogP contribution in [0.25, 0.3) is 0 Å². The molecular formula is C8H11N3S. The number of aromatic nitrogens is 1. The molecule has 1 aliphatic heterocycles. The smallest absolute Gasteiger partial charge is 0.134 e. The second kappa shape index (κ2) is 3.33. The van der Waals surface area contributed by atoms with Gasteiger partial charge in [0.15, 0.2) is 0 Å². The largest absolute Gasteiger partial charge is 0.356 e. The van der Waals surface area contributed by atoms with Crippen molar-refractivity contribution in [2.45, 2.75) is 11.9 Å². The first-order valence-corrected chi connectivity index (χ1v) is 4.83.